The van der Waals surface area contributed by atoms with Crippen molar-refractivity contribution in [2.24, 2.45) is 0 Å². The second kappa shape index (κ2) is 11.1. The number of phenols is 2. The molecule has 2 heterocycles. The number of aromatic carboxylic acids is 1. The highest BCUT2D eigenvalue weighted by molar-refractivity contribution is 5.97. The van der Waals surface area contributed by atoms with Gasteiger partial charge in [0.25, 0.3) is 5.91 Å². The maximum Gasteiger partial charge on any atom is 0.335 e. The van der Waals surface area contributed by atoms with Crippen LogP contribution in [0.3, 0.4) is 0 Å². The van der Waals surface area contributed by atoms with E-state index in [0.29, 0.717) is 24.2 Å². The number of hydrogen-bond acceptors (Lipinski definition) is 6. The first-order chi connectivity index (χ1) is 18.7. The van der Waals surface area contributed by atoms with Gasteiger partial charge in [-0.25, -0.2) is 4.79 Å². The highest BCUT2D eigenvalue weighted by Crippen LogP contribution is 2.34. The molecule has 0 spiro atoms. The van der Waals surface area contributed by atoms with E-state index in [1.165, 1.54) is 11.6 Å². The largest absolute Gasteiger partial charge is 0.508 e. The number of benzene rings is 3. The summed E-state index contributed by atoms with van der Waals surface area (Å²) in [4.78, 5) is 30.9. The Kier molecular flexibility index (Phi) is 7.59. The van der Waals surface area contributed by atoms with E-state index in [2.05, 4.69) is 28.0 Å². The number of carbonyl (C=O) groups is 2. The summed E-state index contributed by atoms with van der Waals surface area (Å²) < 4.78 is 0. The fourth-order valence-electron chi connectivity index (χ4n) is 5.46. The van der Waals surface area contributed by atoms with Crippen molar-refractivity contribution in [2.75, 3.05) is 26.2 Å². The second-order valence-corrected chi connectivity index (χ2v) is 10.9. The molecule has 8 nitrogen and oxygen atoms in total. The first-order valence-electron chi connectivity index (χ1n) is 13.4. The summed E-state index contributed by atoms with van der Waals surface area (Å²) >= 11 is 0. The fourth-order valence-corrected chi connectivity index (χ4v) is 5.46. The molecule has 0 unspecified atom stereocenters. The number of nitrogens with zero attached hydrogens (tertiary/aromatic N) is 3. The van der Waals surface area contributed by atoms with E-state index in [4.69, 9.17) is 5.11 Å². The van der Waals surface area contributed by atoms with E-state index in [1.54, 1.807) is 23.1 Å². The average molecular weight is 530 g/mol. The van der Waals surface area contributed by atoms with Crippen LogP contribution in [-0.4, -0.2) is 68.1 Å². The van der Waals surface area contributed by atoms with Crippen molar-refractivity contribution in [1.29, 1.82) is 0 Å². The molecule has 2 aliphatic heterocycles. The number of phenolic OH excluding ortho intramolecular Hbond substituents is 2. The third kappa shape index (κ3) is 5.92. The molecule has 2 aliphatic rings. The highest BCUT2D eigenvalue weighted by atomic mass is 16.4. The third-order valence-electron chi connectivity index (χ3n) is 7.76. The smallest absolute Gasteiger partial charge is 0.335 e. The number of piperazine rings is 1. The summed E-state index contributed by atoms with van der Waals surface area (Å²) in [6, 6.07) is 16.4. The van der Waals surface area contributed by atoms with Crippen LogP contribution in [0.5, 0.6) is 11.5 Å². The van der Waals surface area contributed by atoms with Gasteiger partial charge in [0.15, 0.2) is 0 Å². The van der Waals surface area contributed by atoms with Crippen LogP contribution in [0.2, 0.25) is 0 Å². The predicted molar refractivity (Wildman–Crippen MR) is 148 cm³/mol. The molecule has 0 atom stereocenters. The lowest BCUT2D eigenvalue weighted by Crippen LogP contribution is -2.45. The summed E-state index contributed by atoms with van der Waals surface area (Å²) in [5.74, 6) is -1.31. The zero-order valence-electron chi connectivity index (χ0n) is 22.4. The zero-order valence-corrected chi connectivity index (χ0v) is 22.4. The van der Waals surface area contributed by atoms with Crippen LogP contribution >= 0.6 is 0 Å². The van der Waals surface area contributed by atoms with Crippen LogP contribution in [0.4, 0.5) is 0 Å². The maximum atomic E-state index is 13.3. The van der Waals surface area contributed by atoms with Gasteiger partial charge >= 0.3 is 5.97 Å². The Bertz CT molecular complexity index is 1380. The Morgan fingerprint density at radius 1 is 0.769 bits per heavy atom. The monoisotopic (exact) mass is 529 g/mol. The van der Waals surface area contributed by atoms with Crippen molar-refractivity contribution in [3.63, 3.8) is 0 Å². The number of aromatic hydroxyl groups is 2. The Balaban J connectivity index is 1.16. The molecule has 0 saturated carbocycles. The van der Waals surface area contributed by atoms with Gasteiger partial charge in [-0.05, 0) is 51.9 Å². The van der Waals surface area contributed by atoms with Gasteiger partial charge < -0.3 is 20.2 Å². The zero-order chi connectivity index (χ0) is 27.7. The topological polar surface area (TPSA) is 105 Å². The van der Waals surface area contributed by atoms with Gasteiger partial charge in [0, 0.05) is 58.4 Å². The van der Waals surface area contributed by atoms with Crippen molar-refractivity contribution in [3.05, 3.63) is 93.5 Å². The molecule has 0 radical (unpaired) electrons. The lowest BCUT2D eigenvalue weighted by Gasteiger charge is -2.34. The number of amides is 1. The number of fused-ring (bicyclic) bond motifs is 1. The molecule has 0 bridgehead atoms. The van der Waals surface area contributed by atoms with Gasteiger partial charge in [-0.1, -0.05) is 44.2 Å². The van der Waals surface area contributed by atoms with Crippen LogP contribution < -0.4 is 0 Å². The summed E-state index contributed by atoms with van der Waals surface area (Å²) in [5.41, 5.74) is 5.76. The van der Waals surface area contributed by atoms with E-state index >= 15 is 0 Å². The Morgan fingerprint density at radius 3 is 1.97 bits per heavy atom. The quantitative estimate of drug-likeness (QED) is 0.417. The van der Waals surface area contributed by atoms with Crippen LogP contribution in [0.1, 0.15) is 68.3 Å². The summed E-state index contributed by atoms with van der Waals surface area (Å²) in [6.07, 6.45) is 0. The number of carboxylic acid groups (broad SMARTS) is 1. The van der Waals surface area contributed by atoms with Crippen molar-refractivity contribution in [3.8, 4) is 11.5 Å². The van der Waals surface area contributed by atoms with Crippen LogP contribution in [0.25, 0.3) is 0 Å². The minimum absolute atomic E-state index is 0.00336. The van der Waals surface area contributed by atoms with Gasteiger partial charge in [-0.2, -0.15) is 0 Å². The van der Waals surface area contributed by atoms with Crippen LogP contribution in [-0.2, 0) is 26.2 Å². The Hall–Kier alpha value is -3.88. The van der Waals surface area contributed by atoms with Gasteiger partial charge in [-0.3, -0.25) is 14.6 Å². The van der Waals surface area contributed by atoms with Gasteiger partial charge in [-0.15, -0.1) is 0 Å². The minimum atomic E-state index is -0.905. The van der Waals surface area contributed by atoms with Crippen LogP contribution in [0.15, 0.2) is 54.6 Å². The van der Waals surface area contributed by atoms with Crippen molar-refractivity contribution in [2.45, 2.75) is 45.9 Å². The second-order valence-electron chi connectivity index (χ2n) is 10.9. The molecule has 3 aromatic rings. The minimum Gasteiger partial charge on any atom is -0.508 e. The predicted octanol–water partition coefficient (Wildman–Crippen LogP) is 4.39. The van der Waals surface area contributed by atoms with Gasteiger partial charge in [0.05, 0.1) is 11.1 Å². The van der Waals surface area contributed by atoms with E-state index in [1.807, 2.05) is 26.0 Å². The van der Waals surface area contributed by atoms with E-state index < -0.39 is 5.97 Å². The molecule has 0 aromatic heterocycles. The summed E-state index contributed by atoms with van der Waals surface area (Å²) in [5, 5.41) is 29.6. The molecule has 3 N–H and O–H groups in total. The molecule has 1 fully saturated rings. The molecule has 1 amide bonds. The number of rotatable bonds is 7. The summed E-state index contributed by atoms with van der Waals surface area (Å²) in [7, 11) is 0. The fraction of sp³-hybridized carbons (Fsp3) is 0.355. The molecule has 3 aromatic carbocycles. The normalized spacial score (nSPS) is 16.0. The Morgan fingerprint density at radius 2 is 1.36 bits per heavy atom. The molecular weight excluding hydrogens is 494 g/mol. The number of hydrogen-bond donors (Lipinski definition) is 3. The van der Waals surface area contributed by atoms with Gasteiger partial charge in [0.2, 0.25) is 0 Å². The number of carboxylic acids is 1. The molecule has 204 valence electrons. The molecular formula is C31H35N3O5. The maximum absolute atomic E-state index is 13.3. The molecule has 39 heavy (non-hydrogen) atoms. The lowest BCUT2D eigenvalue weighted by molar-refractivity contribution is 0.0695. The molecule has 8 heteroatoms. The molecule has 0 aliphatic carbocycles. The van der Waals surface area contributed by atoms with E-state index in [-0.39, 0.29) is 28.9 Å². The standard InChI is InChI=1S/C31H35N3O5/c1-20(2)26-14-27(29(36)15-28(26)35)30(37)34-18-24-8-5-22(13-25(24)19-34)17-33-11-9-32(10-12-33)16-21-3-6-23(7-4-21)31(38)39/h3-8,13-15,20,35-36H,9-12,16-19H2,1-2H3,(H,38,39). The first-order valence-corrected chi connectivity index (χ1v) is 13.4. The van der Waals surface area contributed by atoms with E-state index in [0.717, 1.165) is 56.0 Å². The Labute approximate surface area is 228 Å². The van der Waals surface area contributed by atoms with Crippen LogP contribution in [0, 0.1) is 0 Å². The van der Waals surface area contributed by atoms with Gasteiger partial charge in [0.1, 0.15) is 11.5 Å². The molecule has 5 rings (SSSR count). The van der Waals surface area contributed by atoms with Crippen molar-refractivity contribution >= 4 is 11.9 Å². The number of carbonyl (C=O) groups excluding carboxylic acids is 1. The summed E-state index contributed by atoms with van der Waals surface area (Å²) in [6.45, 7) is 10.3. The molecule has 1 saturated heterocycles. The lowest BCUT2D eigenvalue weighted by atomic mass is 9.98. The third-order valence-corrected chi connectivity index (χ3v) is 7.76. The SMILES string of the molecule is CC(C)c1cc(C(=O)N2Cc3ccc(CN4CCN(Cc5ccc(C(=O)O)cc5)CC4)cc3C2)c(O)cc1O. The van der Waals surface area contributed by atoms with Crippen molar-refractivity contribution in [1.82, 2.24) is 14.7 Å². The highest BCUT2D eigenvalue weighted by Gasteiger charge is 2.28. The average Bonchev–Trinajstić information content (AvgIpc) is 3.33. The van der Waals surface area contributed by atoms with E-state index in [9.17, 15) is 19.8 Å². The first kappa shape index (κ1) is 26.7. The van der Waals surface area contributed by atoms with Crippen molar-refractivity contribution < 1.29 is 24.9 Å².